The Kier molecular flexibility index (Phi) is 5.71. The highest BCUT2D eigenvalue weighted by Crippen LogP contribution is 2.29. The molecule has 0 bridgehead atoms. The van der Waals surface area contributed by atoms with Gasteiger partial charge in [0.15, 0.2) is 0 Å². The van der Waals surface area contributed by atoms with Gasteiger partial charge < -0.3 is 14.5 Å². The van der Waals surface area contributed by atoms with Crippen molar-refractivity contribution in [2.24, 2.45) is 0 Å². The molecule has 8 heteroatoms. The number of pyridine rings is 1. The van der Waals surface area contributed by atoms with Crippen molar-refractivity contribution in [2.75, 3.05) is 7.11 Å². The first-order chi connectivity index (χ1) is 15.3. The van der Waals surface area contributed by atoms with Crippen LogP contribution < -0.4 is 10.1 Å². The maximum Gasteiger partial charge on any atom is 0.253 e. The van der Waals surface area contributed by atoms with Gasteiger partial charge in [-0.1, -0.05) is 12.1 Å². The number of aromatic nitrogens is 2. The number of methoxy groups -OCH3 is 1. The highest BCUT2D eigenvalue weighted by Gasteiger charge is 2.21. The molecule has 2 aromatic carbocycles. The Labute approximate surface area is 186 Å². The van der Waals surface area contributed by atoms with Crippen LogP contribution in [0.25, 0.3) is 5.65 Å². The van der Waals surface area contributed by atoms with Gasteiger partial charge in [-0.3, -0.25) is 4.79 Å². The second-order valence-electron chi connectivity index (χ2n) is 7.53. The molecule has 0 saturated carbocycles. The molecule has 2 heterocycles. The minimum Gasteiger partial charge on any atom is -0.496 e. The first kappa shape index (κ1) is 21.6. The van der Waals surface area contributed by atoms with Gasteiger partial charge in [0.2, 0.25) is 9.84 Å². The number of rotatable bonds is 6. The van der Waals surface area contributed by atoms with Crippen LogP contribution in [0, 0.1) is 13.8 Å². The highest BCUT2D eigenvalue weighted by atomic mass is 32.2. The third-order valence-electron chi connectivity index (χ3n) is 5.32. The molecule has 1 amide bonds. The van der Waals surface area contributed by atoms with E-state index in [-0.39, 0.29) is 22.2 Å². The lowest BCUT2D eigenvalue weighted by Gasteiger charge is -2.13. The summed E-state index contributed by atoms with van der Waals surface area (Å²) in [6, 6.07) is 13.4. The minimum absolute atomic E-state index is 0.200. The minimum atomic E-state index is -3.67. The Morgan fingerprint density at radius 1 is 1.06 bits per heavy atom. The van der Waals surface area contributed by atoms with Crippen LogP contribution in [-0.4, -0.2) is 30.8 Å². The molecule has 0 spiro atoms. The van der Waals surface area contributed by atoms with Crippen LogP contribution in [0.15, 0.2) is 76.9 Å². The van der Waals surface area contributed by atoms with E-state index in [0.717, 1.165) is 16.8 Å². The first-order valence-electron chi connectivity index (χ1n) is 10.00. The lowest BCUT2D eigenvalue weighted by molar-refractivity contribution is 0.0950. The number of aryl methyl sites for hydroxylation is 2. The Balaban J connectivity index is 1.49. The van der Waals surface area contributed by atoms with Gasteiger partial charge in [-0.05, 0) is 66.9 Å². The molecule has 0 aliphatic heterocycles. The molecule has 0 radical (unpaired) electrons. The summed E-state index contributed by atoms with van der Waals surface area (Å²) in [6.07, 6.45) is 5.16. The van der Waals surface area contributed by atoms with Crippen molar-refractivity contribution in [3.8, 4) is 5.75 Å². The van der Waals surface area contributed by atoms with Crippen molar-refractivity contribution >= 4 is 21.4 Å². The van der Waals surface area contributed by atoms with E-state index in [2.05, 4.69) is 10.3 Å². The maximum absolute atomic E-state index is 13.1. The Bertz CT molecular complexity index is 1410. The van der Waals surface area contributed by atoms with Crippen LogP contribution in [0.2, 0.25) is 0 Å². The third kappa shape index (κ3) is 4.09. The van der Waals surface area contributed by atoms with Crippen molar-refractivity contribution < 1.29 is 17.9 Å². The number of amides is 1. The molecule has 164 valence electrons. The maximum atomic E-state index is 13.1. The Morgan fingerprint density at radius 2 is 1.81 bits per heavy atom. The molecule has 32 heavy (non-hydrogen) atoms. The zero-order valence-electron chi connectivity index (χ0n) is 18.0. The first-order valence-corrected chi connectivity index (χ1v) is 11.5. The summed E-state index contributed by atoms with van der Waals surface area (Å²) in [4.78, 5) is 17.1. The van der Waals surface area contributed by atoms with E-state index in [9.17, 15) is 13.2 Å². The van der Waals surface area contributed by atoms with E-state index in [1.807, 2.05) is 6.92 Å². The highest BCUT2D eigenvalue weighted by molar-refractivity contribution is 7.91. The molecule has 4 rings (SSSR count). The fourth-order valence-corrected chi connectivity index (χ4v) is 5.09. The average Bonchev–Trinajstić information content (AvgIpc) is 3.26. The molecule has 0 aliphatic rings. The van der Waals surface area contributed by atoms with E-state index in [1.54, 1.807) is 85.6 Å². The quantitative estimate of drug-likeness (QED) is 0.485. The molecule has 2 aromatic heterocycles. The van der Waals surface area contributed by atoms with E-state index < -0.39 is 9.84 Å². The average molecular weight is 450 g/mol. The number of imidazole rings is 1. The van der Waals surface area contributed by atoms with E-state index in [1.165, 1.54) is 0 Å². The smallest absolute Gasteiger partial charge is 0.253 e. The molecule has 0 fully saturated rings. The Morgan fingerprint density at radius 3 is 2.53 bits per heavy atom. The van der Waals surface area contributed by atoms with Gasteiger partial charge in [0.1, 0.15) is 11.4 Å². The van der Waals surface area contributed by atoms with Gasteiger partial charge in [0.25, 0.3) is 5.91 Å². The molecule has 1 N–H and O–H groups in total. The number of ether oxygens (including phenoxy) is 1. The van der Waals surface area contributed by atoms with Crippen molar-refractivity contribution in [2.45, 2.75) is 30.2 Å². The number of sulfone groups is 1. The van der Waals surface area contributed by atoms with Crippen LogP contribution in [0.3, 0.4) is 0 Å². The number of hydrogen-bond donors (Lipinski definition) is 1. The van der Waals surface area contributed by atoms with E-state index in [0.29, 0.717) is 16.9 Å². The van der Waals surface area contributed by atoms with Gasteiger partial charge in [-0.15, -0.1) is 0 Å². The largest absolute Gasteiger partial charge is 0.496 e. The summed E-state index contributed by atoms with van der Waals surface area (Å²) in [5.41, 5.74) is 3.45. The second kappa shape index (κ2) is 8.47. The molecule has 4 aromatic rings. The molecular formula is C24H23N3O4S. The lowest BCUT2D eigenvalue weighted by atomic mass is 10.1. The number of nitrogens with zero attached hydrogens (tertiary/aromatic N) is 2. The molecular weight excluding hydrogens is 426 g/mol. The van der Waals surface area contributed by atoms with Gasteiger partial charge in [0.05, 0.1) is 22.5 Å². The van der Waals surface area contributed by atoms with Crippen LogP contribution in [0.5, 0.6) is 5.75 Å². The number of fused-ring (bicyclic) bond motifs is 1. The lowest BCUT2D eigenvalue weighted by Crippen LogP contribution is -2.23. The summed E-state index contributed by atoms with van der Waals surface area (Å²) in [5.74, 6) is 0.432. The molecule has 0 atom stereocenters. The fourth-order valence-electron chi connectivity index (χ4n) is 3.52. The van der Waals surface area contributed by atoms with Gasteiger partial charge in [-0.2, -0.15) is 0 Å². The molecule has 0 aliphatic carbocycles. The van der Waals surface area contributed by atoms with Crippen molar-refractivity contribution in [1.29, 1.82) is 0 Å². The normalized spacial score (nSPS) is 11.5. The number of nitrogens with one attached hydrogen (secondary N) is 1. The van der Waals surface area contributed by atoms with E-state index >= 15 is 0 Å². The standard InChI is InChI=1S/C24H23N3O4S/c1-16-13-22(17(2)12-21(16)31-3)32(29,30)20-7-4-18(5-8-20)14-26-24(28)19-6-9-23-25-10-11-27(23)15-19/h4-13,15H,14H2,1-3H3,(H,26,28). The van der Waals surface area contributed by atoms with Gasteiger partial charge >= 0.3 is 0 Å². The third-order valence-corrected chi connectivity index (χ3v) is 7.23. The van der Waals surface area contributed by atoms with Crippen molar-refractivity contribution in [3.05, 3.63) is 89.4 Å². The SMILES string of the molecule is COc1cc(C)c(S(=O)(=O)c2ccc(CNC(=O)c3ccc4nccn4c3)cc2)cc1C. The van der Waals surface area contributed by atoms with Crippen molar-refractivity contribution in [1.82, 2.24) is 14.7 Å². The topological polar surface area (TPSA) is 89.8 Å². The molecule has 7 nitrogen and oxygen atoms in total. The van der Waals surface area contributed by atoms with Gasteiger partial charge in [-0.25, -0.2) is 13.4 Å². The zero-order valence-corrected chi connectivity index (χ0v) is 18.8. The van der Waals surface area contributed by atoms with Crippen LogP contribution in [0.4, 0.5) is 0 Å². The van der Waals surface area contributed by atoms with Crippen LogP contribution in [-0.2, 0) is 16.4 Å². The van der Waals surface area contributed by atoms with Crippen molar-refractivity contribution in [3.63, 3.8) is 0 Å². The summed E-state index contributed by atoms with van der Waals surface area (Å²) in [6.45, 7) is 3.84. The predicted octanol–water partition coefficient (Wildman–Crippen LogP) is 3.72. The monoisotopic (exact) mass is 449 g/mol. The van der Waals surface area contributed by atoms with E-state index in [4.69, 9.17) is 4.74 Å². The number of carbonyl (C=O) groups excluding carboxylic acids is 1. The van der Waals surface area contributed by atoms with Crippen LogP contribution >= 0.6 is 0 Å². The Hall–Kier alpha value is -3.65. The molecule has 0 unspecified atom stereocenters. The number of hydrogen-bond acceptors (Lipinski definition) is 5. The van der Waals surface area contributed by atoms with Crippen LogP contribution in [0.1, 0.15) is 27.0 Å². The number of carbonyl (C=O) groups is 1. The summed E-state index contributed by atoms with van der Waals surface area (Å²) < 4.78 is 33.3. The zero-order chi connectivity index (χ0) is 22.9. The van der Waals surface area contributed by atoms with Gasteiger partial charge in [0, 0.05) is 25.1 Å². The molecule has 0 saturated heterocycles. The predicted molar refractivity (Wildman–Crippen MR) is 121 cm³/mol. The summed E-state index contributed by atoms with van der Waals surface area (Å²) in [7, 11) is -2.12. The second-order valence-corrected chi connectivity index (χ2v) is 9.45. The number of benzene rings is 2. The summed E-state index contributed by atoms with van der Waals surface area (Å²) in [5, 5.41) is 2.86. The summed E-state index contributed by atoms with van der Waals surface area (Å²) >= 11 is 0. The fraction of sp³-hybridized carbons (Fsp3) is 0.167.